The Bertz CT molecular complexity index is 540. The Morgan fingerprint density at radius 2 is 1.87 bits per heavy atom. The van der Waals surface area contributed by atoms with E-state index < -0.39 is 0 Å². The van der Waals surface area contributed by atoms with Gasteiger partial charge < -0.3 is 15.1 Å². The molecule has 5 heteroatoms. The fourth-order valence-electron chi connectivity index (χ4n) is 2.82. The highest BCUT2D eigenvalue weighted by molar-refractivity contribution is 5.97. The van der Waals surface area contributed by atoms with Crippen LogP contribution in [0.5, 0.6) is 0 Å². The van der Waals surface area contributed by atoms with E-state index in [1.807, 2.05) is 23.9 Å². The van der Waals surface area contributed by atoms with E-state index in [9.17, 15) is 9.59 Å². The van der Waals surface area contributed by atoms with Crippen molar-refractivity contribution in [1.29, 1.82) is 0 Å². The van der Waals surface area contributed by atoms with Crippen LogP contribution in [0.3, 0.4) is 0 Å². The molecular formula is C18H27N3O2. The van der Waals surface area contributed by atoms with Crippen LogP contribution in [0.4, 0.5) is 0 Å². The van der Waals surface area contributed by atoms with Gasteiger partial charge in [-0.15, -0.1) is 0 Å². The summed E-state index contributed by atoms with van der Waals surface area (Å²) in [5.41, 5.74) is 1.25. The maximum Gasteiger partial charge on any atom is 0.253 e. The van der Waals surface area contributed by atoms with Crippen molar-refractivity contribution in [3.8, 4) is 0 Å². The zero-order valence-electron chi connectivity index (χ0n) is 14.3. The predicted molar refractivity (Wildman–Crippen MR) is 91.6 cm³/mol. The van der Waals surface area contributed by atoms with E-state index in [0.717, 1.165) is 26.1 Å². The Hall–Kier alpha value is -1.88. The number of hydrogen-bond acceptors (Lipinski definition) is 3. The third kappa shape index (κ3) is 5.06. The summed E-state index contributed by atoms with van der Waals surface area (Å²) < 4.78 is 0. The van der Waals surface area contributed by atoms with E-state index in [1.165, 1.54) is 6.42 Å². The molecule has 1 unspecified atom stereocenters. The van der Waals surface area contributed by atoms with Gasteiger partial charge in [-0.3, -0.25) is 9.59 Å². The molecule has 1 aliphatic rings. The number of nitrogens with zero attached hydrogens (tertiary/aromatic N) is 2. The first-order chi connectivity index (χ1) is 11.0. The lowest BCUT2D eigenvalue weighted by Gasteiger charge is -2.31. The number of hydrogen-bond donors (Lipinski definition) is 1. The first-order valence-electron chi connectivity index (χ1n) is 8.29. The van der Waals surface area contributed by atoms with Crippen LogP contribution in [-0.2, 0) is 0 Å². The Labute approximate surface area is 138 Å². The van der Waals surface area contributed by atoms with Gasteiger partial charge in [-0.1, -0.05) is 6.92 Å². The summed E-state index contributed by atoms with van der Waals surface area (Å²) in [6.45, 7) is 5.25. The number of benzene rings is 1. The summed E-state index contributed by atoms with van der Waals surface area (Å²) in [4.78, 5) is 28.5. The fraction of sp³-hybridized carbons (Fsp3) is 0.556. The third-order valence-electron chi connectivity index (χ3n) is 4.18. The predicted octanol–water partition coefficient (Wildman–Crippen LogP) is 1.85. The van der Waals surface area contributed by atoms with Crippen molar-refractivity contribution in [2.45, 2.75) is 19.8 Å². The highest BCUT2D eigenvalue weighted by Crippen LogP contribution is 2.18. The van der Waals surface area contributed by atoms with Crippen LogP contribution in [0, 0.1) is 5.92 Å². The van der Waals surface area contributed by atoms with Crippen LogP contribution in [-0.4, -0.2) is 61.9 Å². The first kappa shape index (κ1) is 17.5. The lowest BCUT2D eigenvalue weighted by Crippen LogP contribution is -2.39. The molecule has 0 bridgehead atoms. The van der Waals surface area contributed by atoms with Gasteiger partial charge in [-0.05, 0) is 57.1 Å². The second-order valence-electron chi connectivity index (χ2n) is 6.64. The minimum Gasteiger partial charge on any atom is -0.351 e. The molecule has 1 fully saturated rings. The van der Waals surface area contributed by atoms with E-state index in [-0.39, 0.29) is 11.8 Å². The molecule has 1 N–H and O–H groups in total. The second kappa shape index (κ2) is 8.11. The maximum absolute atomic E-state index is 12.5. The fourth-order valence-corrected chi connectivity index (χ4v) is 2.82. The van der Waals surface area contributed by atoms with Gasteiger partial charge in [0.2, 0.25) is 0 Å². The standard InChI is InChI=1S/C18H27N3O2/c1-14-5-4-11-21(13-14)18(23)16-8-6-15(7-9-16)17(22)19-10-12-20(2)3/h6-9,14H,4-5,10-13H2,1-3H3,(H,19,22). The zero-order chi connectivity index (χ0) is 16.8. The van der Waals surface area contributed by atoms with Gasteiger partial charge in [0.25, 0.3) is 11.8 Å². The van der Waals surface area contributed by atoms with E-state index >= 15 is 0 Å². The SMILES string of the molecule is CC1CCCN(C(=O)c2ccc(C(=O)NCCN(C)C)cc2)C1. The molecule has 2 rings (SSSR count). The molecule has 1 aliphatic heterocycles. The molecule has 1 aromatic carbocycles. The number of carbonyl (C=O) groups excluding carboxylic acids is 2. The largest absolute Gasteiger partial charge is 0.351 e. The summed E-state index contributed by atoms with van der Waals surface area (Å²) in [6, 6.07) is 6.96. The normalized spacial score (nSPS) is 18.1. The molecule has 0 saturated carbocycles. The summed E-state index contributed by atoms with van der Waals surface area (Å²) >= 11 is 0. The highest BCUT2D eigenvalue weighted by atomic mass is 16.2. The van der Waals surface area contributed by atoms with Crippen LogP contribution in [0.15, 0.2) is 24.3 Å². The smallest absolute Gasteiger partial charge is 0.253 e. The number of piperidine rings is 1. The molecular weight excluding hydrogens is 290 g/mol. The van der Waals surface area contributed by atoms with E-state index in [1.54, 1.807) is 24.3 Å². The molecule has 5 nitrogen and oxygen atoms in total. The first-order valence-corrected chi connectivity index (χ1v) is 8.29. The molecule has 0 aliphatic carbocycles. The van der Waals surface area contributed by atoms with Gasteiger partial charge in [-0.25, -0.2) is 0 Å². The van der Waals surface area contributed by atoms with Gasteiger partial charge >= 0.3 is 0 Å². The van der Waals surface area contributed by atoms with Crippen molar-refractivity contribution in [2.75, 3.05) is 40.3 Å². The van der Waals surface area contributed by atoms with Crippen molar-refractivity contribution >= 4 is 11.8 Å². The van der Waals surface area contributed by atoms with E-state index in [0.29, 0.717) is 23.6 Å². The topological polar surface area (TPSA) is 52.7 Å². The molecule has 1 heterocycles. The van der Waals surface area contributed by atoms with Gasteiger partial charge in [0.05, 0.1) is 0 Å². The molecule has 23 heavy (non-hydrogen) atoms. The van der Waals surface area contributed by atoms with Crippen molar-refractivity contribution in [1.82, 2.24) is 15.1 Å². The molecule has 1 atom stereocenters. The van der Waals surface area contributed by atoms with Crippen LogP contribution < -0.4 is 5.32 Å². The number of likely N-dealkylation sites (N-methyl/N-ethyl adjacent to an activating group) is 1. The monoisotopic (exact) mass is 317 g/mol. The average molecular weight is 317 g/mol. The van der Waals surface area contributed by atoms with Crippen molar-refractivity contribution in [3.63, 3.8) is 0 Å². The zero-order valence-corrected chi connectivity index (χ0v) is 14.3. The van der Waals surface area contributed by atoms with Gasteiger partial charge in [0, 0.05) is 37.3 Å². The number of likely N-dealkylation sites (tertiary alicyclic amines) is 1. The molecule has 1 saturated heterocycles. The Morgan fingerprint density at radius 3 is 2.48 bits per heavy atom. The van der Waals surface area contributed by atoms with Crippen LogP contribution >= 0.6 is 0 Å². The molecule has 1 aromatic rings. The number of amides is 2. The Kier molecular flexibility index (Phi) is 6.16. The Morgan fingerprint density at radius 1 is 1.22 bits per heavy atom. The maximum atomic E-state index is 12.5. The molecule has 0 aromatic heterocycles. The number of nitrogens with one attached hydrogen (secondary N) is 1. The quantitative estimate of drug-likeness (QED) is 0.902. The van der Waals surface area contributed by atoms with E-state index in [2.05, 4.69) is 12.2 Å². The molecule has 2 amide bonds. The second-order valence-corrected chi connectivity index (χ2v) is 6.64. The number of carbonyl (C=O) groups is 2. The van der Waals surface area contributed by atoms with Crippen LogP contribution in [0.1, 0.15) is 40.5 Å². The van der Waals surface area contributed by atoms with E-state index in [4.69, 9.17) is 0 Å². The lowest BCUT2D eigenvalue weighted by atomic mass is 9.99. The van der Waals surface area contributed by atoms with Crippen molar-refractivity contribution < 1.29 is 9.59 Å². The minimum absolute atomic E-state index is 0.0658. The van der Waals surface area contributed by atoms with Crippen LogP contribution in [0.2, 0.25) is 0 Å². The van der Waals surface area contributed by atoms with Gasteiger partial charge in [0.15, 0.2) is 0 Å². The summed E-state index contributed by atoms with van der Waals surface area (Å²) in [7, 11) is 3.93. The van der Waals surface area contributed by atoms with Crippen LogP contribution in [0.25, 0.3) is 0 Å². The Balaban J connectivity index is 1.93. The van der Waals surface area contributed by atoms with Crippen molar-refractivity contribution in [2.24, 2.45) is 5.92 Å². The molecule has 0 radical (unpaired) electrons. The highest BCUT2D eigenvalue weighted by Gasteiger charge is 2.22. The lowest BCUT2D eigenvalue weighted by molar-refractivity contribution is 0.0682. The average Bonchev–Trinajstić information content (AvgIpc) is 2.54. The minimum atomic E-state index is -0.0996. The van der Waals surface area contributed by atoms with Crippen molar-refractivity contribution in [3.05, 3.63) is 35.4 Å². The van der Waals surface area contributed by atoms with Gasteiger partial charge in [-0.2, -0.15) is 0 Å². The van der Waals surface area contributed by atoms with Gasteiger partial charge in [0.1, 0.15) is 0 Å². The molecule has 0 spiro atoms. The summed E-state index contributed by atoms with van der Waals surface area (Å²) in [6.07, 6.45) is 2.26. The third-order valence-corrected chi connectivity index (χ3v) is 4.18. The number of rotatable bonds is 5. The summed E-state index contributed by atoms with van der Waals surface area (Å²) in [5.74, 6) is 0.531. The summed E-state index contributed by atoms with van der Waals surface area (Å²) in [5, 5.41) is 2.87. The molecule has 126 valence electrons.